The van der Waals surface area contributed by atoms with E-state index in [9.17, 15) is 4.79 Å². The van der Waals surface area contributed by atoms with Crippen LogP contribution in [0.5, 0.6) is 5.75 Å². The first-order valence-corrected chi connectivity index (χ1v) is 11.6. The highest BCUT2D eigenvalue weighted by Gasteiger charge is 2.29. The fraction of sp³-hybridized carbons (Fsp3) is 0.720. The van der Waals surface area contributed by atoms with Gasteiger partial charge in [0.2, 0.25) is 0 Å². The maximum atomic E-state index is 12.4. The molecule has 2 atom stereocenters. The predicted molar refractivity (Wildman–Crippen MR) is 116 cm³/mol. The summed E-state index contributed by atoms with van der Waals surface area (Å²) < 4.78 is 11.3. The van der Waals surface area contributed by atoms with E-state index in [0.717, 1.165) is 37.9 Å². The fourth-order valence-electron chi connectivity index (χ4n) is 4.30. The van der Waals surface area contributed by atoms with Crippen LogP contribution in [0.3, 0.4) is 0 Å². The van der Waals surface area contributed by atoms with Crippen molar-refractivity contribution in [1.82, 2.24) is 0 Å². The Labute approximate surface area is 172 Å². The third kappa shape index (κ3) is 8.24. The van der Waals surface area contributed by atoms with Crippen molar-refractivity contribution in [3.05, 3.63) is 29.8 Å². The SMILES string of the molecule is CCCCCCCCCCCC(=O)O[C@@H]1CCCC[C@H]1c1cccc(OC)c1. The standard InChI is InChI=1S/C25H40O3/c1-3-4-5-6-7-8-9-10-11-19-25(26)28-24-18-13-12-17-23(24)21-15-14-16-22(20-21)27-2/h14-16,20,23-24H,3-13,17-19H2,1-2H3/t23-,24+/m0/s1. The Morgan fingerprint density at radius 2 is 1.64 bits per heavy atom. The van der Waals surface area contributed by atoms with E-state index in [1.807, 2.05) is 12.1 Å². The van der Waals surface area contributed by atoms with Crippen LogP contribution in [0.25, 0.3) is 0 Å². The first kappa shape index (κ1) is 22.8. The summed E-state index contributed by atoms with van der Waals surface area (Å²) in [7, 11) is 1.70. The Hall–Kier alpha value is -1.51. The van der Waals surface area contributed by atoms with E-state index in [4.69, 9.17) is 9.47 Å². The summed E-state index contributed by atoms with van der Waals surface area (Å²) in [4.78, 5) is 12.4. The number of unbranched alkanes of at least 4 members (excludes halogenated alkanes) is 8. The van der Waals surface area contributed by atoms with E-state index in [0.29, 0.717) is 12.3 Å². The van der Waals surface area contributed by atoms with Crippen LogP contribution in [0.15, 0.2) is 24.3 Å². The molecule has 1 saturated carbocycles. The topological polar surface area (TPSA) is 35.5 Å². The number of esters is 1. The maximum absolute atomic E-state index is 12.4. The number of hydrogen-bond acceptors (Lipinski definition) is 3. The van der Waals surface area contributed by atoms with Gasteiger partial charge in [0.15, 0.2) is 0 Å². The first-order valence-electron chi connectivity index (χ1n) is 11.6. The predicted octanol–water partition coefficient (Wildman–Crippen LogP) is 7.19. The summed E-state index contributed by atoms with van der Waals surface area (Å²) in [5.41, 5.74) is 1.24. The van der Waals surface area contributed by atoms with Crippen molar-refractivity contribution in [3.63, 3.8) is 0 Å². The minimum atomic E-state index is -0.0114. The first-order chi connectivity index (χ1) is 13.7. The van der Waals surface area contributed by atoms with Gasteiger partial charge >= 0.3 is 5.97 Å². The van der Waals surface area contributed by atoms with Crippen LogP contribution in [0.4, 0.5) is 0 Å². The summed E-state index contributed by atoms with van der Waals surface area (Å²) >= 11 is 0. The molecule has 0 unspecified atom stereocenters. The molecule has 0 bridgehead atoms. The summed E-state index contributed by atoms with van der Waals surface area (Å²) in [5, 5.41) is 0. The third-order valence-electron chi connectivity index (χ3n) is 5.99. The van der Waals surface area contributed by atoms with Gasteiger partial charge in [0.1, 0.15) is 11.9 Å². The van der Waals surface area contributed by atoms with Crippen LogP contribution in [0, 0.1) is 0 Å². The Morgan fingerprint density at radius 3 is 2.36 bits per heavy atom. The smallest absolute Gasteiger partial charge is 0.306 e. The maximum Gasteiger partial charge on any atom is 0.306 e. The van der Waals surface area contributed by atoms with Gasteiger partial charge in [-0.05, 0) is 43.4 Å². The lowest BCUT2D eigenvalue weighted by Crippen LogP contribution is -2.28. The Balaban J connectivity index is 1.68. The van der Waals surface area contributed by atoms with Crippen LogP contribution < -0.4 is 4.74 Å². The molecular formula is C25H40O3. The van der Waals surface area contributed by atoms with Crippen molar-refractivity contribution >= 4 is 5.97 Å². The van der Waals surface area contributed by atoms with Crippen molar-refractivity contribution < 1.29 is 14.3 Å². The molecule has 1 fully saturated rings. The van der Waals surface area contributed by atoms with Gasteiger partial charge in [-0.25, -0.2) is 0 Å². The number of carbonyl (C=O) groups is 1. The van der Waals surface area contributed by atoms with Gasteiger partial charge in [-0.2, -0.15) is 0 Å². The third-order valence-corrected chi connectivity index (χ3v) is 5.99. The van der Waals surface area contributed by atoms with E-state index in [-0.39, 0.29) is 12.1 Å². The lowest BCUT2D eigenvalue weighted by molar-refractivity contribution is -0.151. The highest BCUT2D eigenvalue weighted by atomic mass is 16.5. The van der Waals surface area contributed by atoms with Crippen molar-refractivity contribution in [1.29, 1.82) is 0 Å². The van der Waals surface area contributed by atoms with Crippen LogP contribution in [-0.4, -0.2) is 19.2 Å². The van der Waals surface area contributed by atoms with E-state index in [2.05, 4.69) is 19.1 Å². The average molecular weight is 389 g/mol. The van der Waals surface area contributed by atoms with Gasteiger partial charge in [-0.3, -0.25) is 4.79 Å². The normalized spacial score (nSPS) is 19.4. The zero-order chi connectivity index (χ0) is 20.0. The highest BCUT2D eigenvalue weighted by Crippen LogP contribution is 2.36. The summed E-state index contributed by atoms with van der Waals surface area (Å²) in [5.74, 6) is 1.17. The van der Waals surface area contributed by atoms with Crippen molar-refractivity contribution in [2.24, 2.45) is 0 Å². The molecule has 2 rings (SSSR count). The van der Waals surface area contributed by atoms with E-state index in [1.165, 1.54) is 56.9 Å². The zero-order valence-electron chi connectivity index (χ0n) is 18.1. The molecule has 3 nitrogen and oxygen atoms in total. The van der Waals surface area contributed by atoms with Gasteiger partial charge in [0, 0.05) is 12.3 Å². The molecule has 1 aromatic carbocycles. The lowest BCUT2D eigenvalue weighted by Gasteiger charge is -2.31. The second-order valence-corrected chi connectivity index (χ2v) is 8.27. The molecule has 1 aromatic rings. The molecule has 0 amide bonds. The number of rotatable bonds is 13. The second-order valence-electron chi connectivity index (χ2n) is 8.27. The minimum absolute atomic E-state index is 0.0114. The van der Waals surface area contributed by atoms with E-state index >= 15 is 0 Å². The molecule has 3 heteroatoms. The molecule has 0 N–H and O–H groups in total. The zero-order valence-corrected chi connectivity index (χ0v) is 18.1. The Bertz CT molecular complexity index is 554. The molecule has 1 aliphatic carbocycles. The van der Waals surface area contributed by atoms with Gasteiger partial charge < -0.3 is 9.47 Å². The molecule has 1 aliphatic rings. The van der Waals surface area contributed by atoms with Crippen LogP contribution in [-0.2, 0) is 9.53 Å². The molecule has 0 saturated heterocycles. The van der Waals surface area contributed by atoms with Crippen LogP contribution in [0.2, 0.25) is 0 Å². The molecule has 0 aliphatic heterocycles. The molecule has 0 aromatic heterocycles. The summed E-state index contributed by atoms with van der Waals surface area (Å²) in [6, 6.07) is 8.23. The minimum Gasteiger partial charge on any atom is -0.497 e. The second kappa shape index (κ2) is 13.6. The monoisotopic (exact) mass is 388 g/mol. The molecule has 0 radical (unpaired) electrons. The van der Waals surface area contributed by atoms with Crippen LogP contribution in [0.1, 0.15) is 108 Å². The van der Waals surface area contributed by atoms with Gasteiger partial charge in [-0.1, -0.05) is 76.8 Å². The van der Waals surface area contributed by atoms with Gasteiger partial charge in [-0.15, -0.1) is 0 Å². The quantitative estimate of drug-likeness (QED) is 0.265. The number of ether oxygens (including phenoxy) is 2. The lowest BCUT2D eigenvalue weighted by atomic mass is 9.81. The van der Waals surface area contributed by atoms with E-state index in [1.54, 1.807) is 7.11 Å². The number of methoxy groups -OCH3 is 1. The largest absolute Gasteiger partial charge is 0.497 e. The van der Waals surface area contributed by atoms with Gasteiger partial charge in [0.05, 0.1) is 7.11 Å². The number of carbonyl (C=O) groups excluding carboxylic acids is 1. The Morgan fingerprint density at radius 1 is 0.964 bits per heavy atom. The summed E-state index contributed by atoms with van der Waals surface area (Å²) in [6.45, 7) is 2.26. The van der Waals surface area contributed by atoms with Gasteiger partial charge in [0.25, 0.3) is 0 Å². The van der Waals surface area contributed by atoms with Crippen LogP contribution >= 0.6 is 0 Å². The van der Waals surface area contributed by atoms with Crippen molar-refractivity contribution in [2.45, 2.75) is 109 Å². The van der Waals surface area contributed by atoms with E-state index < -0.39 is 0 Å². The highest BCUT2D eigenvalue weighted by molar-refractivity contribution is 5.69. The number of benzene rings is 1. The molecule has 0 heterocycles. The molecular weight excluding hydrogens is 348 g/mol. The number of hydrogen-bond donors (Lipinski definition) is 0. The molecule has 158 valence electrons. The van der Waals surface area contributed by atoms with Crippen molar-refractivity contribution in [3.8, 4) is 5.75 Å². The summed E-state index contributed by atoms with van der Waals surface area (Å²) in [6.07, 6.45) is 16.4. The van der Waals surface area contributed by atoms with Crippen molar-refractivity contribution in [2.75, 3.05) is 7.11 Å². The Kier molecular flexibility index (Phi) is 11.1. The fourth-order valence-corrected chi connectivity index (χ4v) is 4.30. The molecule has 28 heavy (non-hydrogen) atoms. The molecule has 0 spiro atoms. The average Bonchev–Trinajstić information content (AvgIpc) is 2.73.